The van der Waals surface area contributed by atoms with E-state index in [4.69, 9.17) is 4.74 Å². The minimum atomic E-state index is 0. The third kappa shape index (κ3) is 11.5. The second kappa shape index (κ2) is 14.5. The van der Waals surface area contributed by atoms with Crippen molar-refractivity contribution in [2.45, 2.75) is 84.3 Å². The quantitative estimate of drug-likeness (QED) is 0.253. The number of unbranched alkanes of at least 4 members (excludes halogenated alkanes) is 2. The van der Waals surface area contributed by atoms with E-state index < -0.39 is 0 Å². The van der Waals surface area contributed by atoms with Crippen molar-refractivity contribution in [3.63, 3.8) is 0 Å². The van der Waals surface area contributed by atoms with Gasteiger partial charge >= 0.3 is 0 Å². The van der Waals surface area contributed by atoms with Crippen molar-refractivity contribution in [2.24, 2.45) is 4.99 Å². The molecule has 0 atom stereocenters. The number of hydrogen-bond acceptors (Lipinski definition) is 2. The molecular weight excluding hydrogens is 389 g/mol. The smallest absolute Gasteiger partial charge is 0.191 e. The fraction of sp³-hybridized carbons (Fsp3) is 0.941. The molecule has 132 valence electrons. The SMILES string of the molecule is CCNC(=NCCCCCOC1CCCCC1)NC(C)C.I. The van der Waals surface area contributed by atoms with Crippen LogP contribution in [0.3, 0.4) is 0 Å². The van der Waals surface area contributed by atoms with Gasteiger partial charge in [0, 0.05) is 25.7 Å². The summed E-state index contributed by atoms with van der Waals surface area (Å²) in [6.07, 6.45) is 10.7. The van der Waals surface area contributed by atoms with Crippen molar-refractivity contribution < 1.29 is 4.74 Å². The highest BCUT2D eigenvalue weighted by Gasteiger charge is 2.12. The first-order valence-corrected chi connectivity index (χ1v) is 8.88. The lowest BCUT2D eigenvalue weighted by Crippen LogP contribution is -2.41. The highest BCUT2D eigenvalue weighted by atomic mass is 127. The van der Waals surface area contributed by atoms with E-state index in [2.05, 4.69) is 36.4 Å². The lowest BCUT2D eigenvalue weighted by Gasteiger charge is -2.21. The van der Waals surface area contributed by atoms with Gasteiger partial charge in [0.25, 0.3) is 0 Å². The van der Waals surface area contributed by atoms with Gasteiger partial charge in [-0.2, -0.15) is 0 Å². The van der Waals surface area contributed by atoms with Gasteiger partial charge in [0.1, 0.15) is 0 Å². The minimum absolute atomic E-state index is 0. The largest absolute Gasteiger partial charge is 0.378 e. The molecule has 22 heavy (non-hydrogen) atoms. The van der Waals surface area contributed by atoms with Crippen LogP contribution in [0.2, 0.25) is 0 Å². The summed E-state index contributed by atoms with van der Waals surface area (Å²) in [6, 6.07) is 0.423. The minimum Gasteiger partial charge on any atom is -0.378 e. The molecule has 0 amide bonds. The van der Waals surface area contributed by atoms with Gasteiger partial charge in [-0.1, -0.05) is 19.3 Å². The number of ether oxygens (including phenoxy) is 1. The van der Waals surface area contributed by atoms with Crippen LogP contribution < -0.4 is 10.6 Å². The molecule has 0 aliphatic heterocycles. The highest BCUT2D eigenvalue weighted by Crippen LogP contribution is 2.20. The zero-order valence-electron chi connectivity index (χ0n) is 14.7. The standard InChI is InChI=1S/C17H35N3O.HI/c1-4-18-17(20-15(2)3)19-13-9-6-10-14-21-16-11-7-5-8-12-16;/h15-16H,4-14H2,1-3H3,(H2,18,19,20);1H. The molecule has 0 heterocycles. The maximum absolute atomic E-state index is 5.94. The van der Waals surface area contributed by atoms with Gasteiger partial charge in [0.05, 0.1) is 6.10 Å². The van der Waals surface area contributed by atoms with Crippen molar-refractivity contribution in [3.8, 4) is 0 Å². The summed E-state index contributed by atoms with van der Waals surface area (Å²) in [7, 11) is 0. The normalized spacial score (nSPS) is 16.5. The second-order valence-electron chi connectivity index (χ2n) is 6.25. The molecule has 0 aromatic carbocycles. The Labute approximate surface area is 154 Å². The Bertz CT molecular complexity index is 279. The fourth-order valence-electron chi connectivity index (χ4n) is 2.66. The number of aliphatic imine (C=N–C) groups is 1. The molecule has 0 radical (unpaired) electrons. The first-order chi connectivity index (χ1) is 10.2. The van der Waals surface area contributed by atoms with Gasteiger partial charge < -0.3 is 15.4 Å². The molecule has 1 saturated carbocycles. The molecule has 2 N–H and O–H groups in total. The van der Waals surface area contributed by atoms with E-state index >= 15 is 0 Å². The number of hydrogen-bond donors (Lipinski definition) is 2. The Morgan fingerprint density at radius 3 is 2.50 bits per heavy atom. The Kier molecular flexibility index (Phi) is 14.5. The van der Waals surface area contributed by atoms with E-state index in [0.717, 1.165) is 32.1 Å². The van der Waals surface area contributed by atoms with Crippen LogP contribution in [0.25, 0.3) is 0 Å². The molecule has 4 nitrogen and oxygen atoms in total. The average Bonchev–Trinajstić information content (AvgIpc) is 2.47. The van der Waals surface area contributed by atoms with Crippen LogP contribution in [0.15, 0.2) is 4.99 Å². The number of halogens is 1. The maximum Gasteiger partial charge on any atom is 0.191 e. The van der Waals surface area contributed by atoms with Crippen molar-refractivity contribution >= 4 is 29.9 Å². The summed E-state index contributed by atoms with van der Waals surface area (Å²) >= 11 is 0. The summed E-state index contributed by atoms with van der Waals surface area (Å²) in [5.41, 5.74) is 0. The van der Waals surface area contributed by atoms with E-state index in [9.17, 15) is 0 Å². The predicted molar refractivity (Wildman–Crippen MR) is 106 cm³/mol. The number of nitrogens with one attached hydrogen (secondary N) is 2. The summed E-state index contributed by atoms with van der Waals surface area (Å²) in [5, 5.41) is 6.61. The third-order valence-corrected chi connectivity index (χ3v) is 3.75. The van der Waals surface area contributed by atoms with Crippen molar-refractivity contribution in [1.29, 1.82) is 0 Å². The predicted octanol–water partition coefficient (Wildman–Crippen LogP) is 4.09. The number of guanidine groups is 1. The number of nitrogens with zero attached hydrogens (tertiary/aromatic N) is 1. The summed E-state index contributed by atoms with van der Waals surface area (Å²) in [4.78, 5) is 4.59. The topological polar surface area (TPSA) is 45.7 Å². The van der Waals surface area contributed by atoms with Gasteiger partial charge in [-0.15, -0.1) is 24.0 Å². The summed E-state index contributed by atoms with van der Waals surface area (Å²) < 4.78 is 5.94. The van der Waals surface area contributed by atoms with E-state index in [-0.39, 0.29) is 24.0 Å². The van der Waals surface area contributed by atoms with E-state index in [1.54, 1.807) is 0 Å². The molecule has 0 bridgehead atoms. The van der Waals surface area contributed by atoms with E-state index in [0.29, 0.717) is 12.1 Å². The zero-order valence-corrected chi connectivity index (χ0v) is 17.0. The first kappa shape index (κ1) is 22.0. The molecule has 0 saturated heterocycles. The average molecular weight is 425 g/mol. The van der Waals surface area contributed by atoms with Crippen LogP contribution in [-0.4, -0.2) is 37.8 Å². The maximum atomic E-state index is 5.94. The molecule has 0 aromatic rings. The van der Waals surface area contributed by atoms with Gasteiger partial charge in [-0.05, 0) is 52.9 Å². The molecule has 1 aliphatic rings. The summed E-state index contributed by atoms with van der Waals surface area (Å²) in [6.45, 7) is 9.10. The number of rotatable bonds is 9. The van der Waals surface area contributed by atoms with Crippen molar-refractivity contribution in [1.82, 2.24) is 10.6 Å². The Morgan fingerprint density at radius 1 is 1.14 bits per heavy atom. The monoisotopic (exact) mass is 425 g/mol. The molecule has 5 heteroatoms. The third-order valence-electron chi connectivity index (χ3n) is 3.75. The Hall–Kier alpha value is -0.0400. The fourth-order valence-corrected chi connectivity index (χ4v) is 2.66. The van der Waals surface area contributed by atoms with Gasteiger partial charge in [0.2, 0.25) is 0 Å². The summed E-state index contributed by atoms with van der Waals surface area (Å²) in [5.74, 6) is 0.936. The second-order valence-corrected chi connectivity index (χ2v) is 6.25. The van der Waals surface area contributed by atoms with Crippen LogP contribution in [-0.2, 0) is 4.74 Å². The van der Waals surface area contributed by atoms with Crippen LogP contribution in [0, 0.1) is 0 Å². The molecule has 1 fully saturated rings. The first-order valence-electron chi connectivity index (χ1n) is 8.88. The molecule has 1 rings (SSSR count). The van der Waals surface area contributed by atoms with Crippen LogP contribution >= 0.6 is 24.0 Å². The molecule has 0 unspecified atom stereocenters. The molecule has 0 spiro atoms. The Morgan fingerprint density at radius 2 is 1.86 bits per heavy atom. The Balaban J connectivity index is 0.00000441. The lowest BCUT2D eigenvalue weighted by molar-refractivity contribution is 0.0264. The van der Waals surface area contributed by atoms with Crippen LogP contribution in [0.5, 0.6) is 0 Å². The van der Waals surface area contributed by atoms with Crippen molar-refractivity contribution in [3.05, 3.63) is 0 Å². The zero-order chi connectivity index (χ0) is 15.3. The molecule has 1 aliphatic carbocycles. The van der Waals surface area contributed by atoms with E-state index in [1.807, 2.05) is 0 Å². The lowest BCUT2D eigenvalue weighted by atomic mass is 9.98. The molecular formula is C17H36IN3O. The van der Waals surface area contributed by atoms with Gasteiger partial charge in [-0.3, -0.25) is 4.99 Å². The highest BCUT2D eigenvalue weighted by molar-refractivity contribution is 14.0. The van der Waals surface area contributed by atoms with Gasteiger partial charge in [-0.25, -0.2) is 0 Å². The van der Waals surface area contributed by atoms with Crippen LogP contribution in [0.1, 0.15) is 72.1 Å². The van der Waals surface area contributed by atoms with Crippen molar-refractivity contribution in [2.75, 3.05) is 19.7 Å². The van der Waals surface area contributed by atoms with Gasteiger partial charge in [0.15, 0.2) is 5.96 Å². The van der Waals surface area contributed by atoms with Crippen LogP contribution in [0.4, 0.5) is 0 Å². The molecule has 0 aromatic heterocycles. The van der Waals surface area contributed by atoms with E-state index in [1.165, 1.54) is 44.9 Å².